The molecule has 1 aliphatic heterocycles. The fourth-order valence-corrected chi connectivity index (χ4v) is 2.87. The normalized spacial score (nSPS) is 28.6. The molecule has 0 saturated carbocycles. The molecule has 0 aliphatic carbocycles. The molecule has 0 amide bonds. The molecule has 102 valence electrons. The number of hydrogen-bond donors (Lipinski definition) is 1. The van der Waals surface area contributed by atoms with E-state index in [0.29, 0.717) is 18.0 Å². The minimum Gasteiger partial charge on any atom is -0.380 e. The van der Waals surface area contributed by atoms with E-state index < -0.39 is 0 Å². The first-order valence-electron chi connectivity index (χ1n) is 7.09. The predicted octanol–water partition coefficient (Wildman–Crippen LogP) is 1.98. The van der Waals surface area contributed by atoms with E-state index in [1.54, 1.807) is 0 Å². The highest BCUT2D eigenvalue weighted by atomic mass is 16.5. The smallest absolute Gasteiger partial charge is 0.0624 e. The monoisotopic (exact) mass is 242 g/mol. The topological polar surface area (TPSA) is 24.5 Å². The van der Waals surface area contributed by atoms with E-state index in [0.717, 1.165) is 19.1 Å². The maximum atomic E-state index is 5.64. The standard InChI is InChI=1S/C14H30N2O/c1-6-17-10-14(11(2)3)16-8-7-13(15-5)12(4)9-16/h11-15H,6-10H2,1-5H3. The van der Waals surface area contributed by atoms with E-state index in [1.807, 2.05) is 0 Å². The van der Waals surface area contributed by atoms with Gasteiger partial charge in [-0.1, -0.05) is 20.8 Å². The van der Waals surface area contributed by atoms with Gasteiger partial charge in [-0.15, -0.1) is 0 Å². The van der Waals surface area contributed by atoms with Gasteiger partial charge in [0, 0.05) is 31.8 Å². The average molecular weight is 242 g/mol. The summed E-state index contributed by atoms with van der Waals surface area (Å²) in [5.74, 6) is 1.40. The van der Waals surface area contributed by atoms with Crippen molar-refractivity contribution in [2.75, 3.05) is 33.4 Å². The maximum Gasteiger partial charge on any atom is 0.0624 e. The number of hydrogen-bond acceptors (Lipinski definition) is 3. The van der Waals surface area contributed by atoms with Crippen molar-refractivity contribution in [1.29, 1.82) is 0 Å². The molecular weight excluding hydrogens is 212 g/mol. The second-order valence-corrected chi connectivity index (χ2v) is 5.63. The van der Waals surface area contributed by atoms with Gasteiger partial charge in [-0.3, -0.25) is 4.90 Å². The van der Waals surface area contributed by atoms with Gasteiger partial charge in [0.15, 0.2) is 0 Å². The van der Waals surface area contributed by atoms with Crippen LogP contribution in [0.3, 0.4) is 0 Å². The summed E-state index contributed by atoms with van der Waals surface area (Å²) in [6.07, 6.45) is 1.26. The Bertz CT molecular complexity index is 208. The fourth-order valence-electron chi connectivity index (χ4n) is 2.87. The summed E-state index contributed by atoms with van der Waals surface area (Å²) in [7, 11) is 2.08. The van der Waals surface area contributed by atoms with Gasteiger partial charge in [0.25, 0.3) is 0 Å². The largest absolute Gasteiger partial charge is 0.380 e. The lowest BCUT2D eigenvalue weighted by atomic mass is 9.91. The van der Waals surface area contributed by atoms with E-state index in [9.17, 15) is 0 Å². The van der Waals surface area contributed by atoms with Crippen LogP contribution in [0.4, 0.5) is 0 Å². The Labute approximate surface area is 107 Å². The molecule has 0 bridgehead atoms. The summed E-state index contributed by atoms with van der Waals surface area (Å²) < 4.78 is 5.64. The highest BCUT2D eigenvalue weighted by Crippen LogP contribution is 2.22. The Balaban J connectivity index is 2.52. The molecule has 0 aromatic carbocycles. The number of piperidine rings is 1. The van der Waals surface area contributed by atoms with Crippen LogP contribution in [0.2, 0.25) is 0 Å². The average Bonchev–Trinajstić information content (AvgIpc) is 2.29. The number of nitrogens with one attached hydrogen (secondary N) is 1. The molecule has 0 aromatic heterocycles. The molecule has 3 nitrogen and oxygen atoms in total. The van der Waals surface area contributed by atoms with Crippen LogP contribution in [0.25, 0.3) is 0 Å². The molecule has 17 heavy (non-hydrogen) atoms. The molecule has 1 heterocycles. The lowest BCUT2D eigenvalue weighted by Gasteiger charge is -2.42. The van der Waals surface area contributed by atoms with Gasteiger partial charge in [0.05, 0.1) is 6.61 Å². The Kier molecular flexibility index (Phi) is 6.45. The first-order chi connectivity index (χ1) is 8.10. The molecule has 0 spiro atoms. The SMILES string of the molecule is CCOCC(C(C)C)N1CCC(NC)C(C)C1. The minimum atomic E-state index is 0.579. The van der Waals surface area contributed by atoms with Crippen LogP contribution in [0.1, 0.15) is 34.1 Å². The summed E-state index contributed by atoms with van der Waals surface area (Å²) >= 11 is 0. The minimum absolute atomic E-state index is 0.579. The summed E-state index contributed by atoms with van der Waals surface area (Å²) in [6, 6.07) is 1.27. The predicted molar refractivity (Wildman–Crippen MR) is 73.3 cm³/mol. The quantitative estimate of drug-likeness (QED) is 0.771. The molecule has 0 aromatic rings. The molecular formula is C14H30N2O. The van der Waals surface area contributed by atoms with Gasteiger partial charge in [0.1, 0.15) is 0 Å². The van der Waals surface area contributed by atoms with E-state index in [2.05, 4.69) is 45.0 Å². The first-order valence-corrected chi connectivity index (χ1v) is 7.09. The molecule has 3 atom stereocenters. The van der Waals surface area contributed by atoms with Crippen LogP contribution in [-0.4, -0.2) is 50.3 Å². The second-order valence-electron chi connectivity index (χ2n) is 5.63. The number of rotatable bonds is 6. The van der Waals surface area contributed by atoms with Crippen molar-refractivity contribution in [3.05, 3.63) is 0 Å². The number of likely N-dealkylation sites (tertiary alicyclic amines) is 1. The van der Waals surface area contributed by atoms with Crippen molar-refractivity contribution < 1.29 is 4.74 Å². The third-order valence-corrected chi connectivity index (χ3v) is 4.04. The summed E-state index contributed by atoms with van der Waals surface area (Å²) in [4.78, 5) is 2.62. The van der Waals surface area contributed by atoms with Gasteiger partial charge in [-0.05, 0) is 32.2 Å². The Morgan fingerprint density at radius 2 is 2.12 bits per heavy atom. The Morgan fingerprint density at radius 1 is 1.41 bits per heavy atom. The van der Waals surface area contributed by atoms with Crippen LogP contribution in [-0.2, 0) is 4.74 Å². The van der Waals surface area contributed by atoms with Crippen molar-refractivity contribution in [3.63, 3.8) is 0 Å². The fraction of sp³-hybridized carbons (Fsp3) is 1.00. The van der Waals surface area contributed by atoms with Crippen molar-refractivity contribution in [2.45, 2.75) is 46.2 Å². The van der Waals surface area contributed by atoms with E-state index in [-0.39, 0.29) is 0 Å². The lowest BCUT2D eigenvalue weighted by molar-refractivity contribution is 0.0175. The van der Waals surface area contributed by atoms with Crippen LogP contribution >= 0.6 is 0 Å². The van der Waals surface area contributed by atoms with Crippen molar-refractivity contribution in [2.24, 2.45) is 11.8 Å². The Morgan fingerprint density at radius 3 is 2.59 bits per heavy atom. The van der Waals surface area contributed by atoms with Crippen molar-refractivity contribution >= 4 is 0 Å². The highest BCUT2D eigenvalue weighted by Gasteiger charge is 2.30. The van der Waals surface area contributed by atoms with Gasteiger partial charge >= 0.3 is 0 Å². The van der Waals surface area contributed by atoms with Crippen LogP contribution in [0, 0.1) is 11.8 Å². The van der Waals surface area contributed by atoms with Gasteiger partial charge < -0.3 is 10.1 Å². The zero-order valence-electron chi connectivity index (χ0n) is 12.2. The molecule has 1 aliphatic rings. The first kappa shape index (κ1) is 14.9. The van der Waals surface area contributed by atoms with Crippen LogP contribution in [0.5, 0.6) is 0 Å². The third-order valence-electron chi connectivity index (χ3n) is 4.04. The molecule has 1 N–H and O–H groups in total. The van der Waals surface area contributed by atoms with Gasteiger partial charge in [0.2, 0.25) is 0 Å². The van der Waals surface area contributed by atoms with Gasteiger partial charge in [-0.2, -0.15) is 0 Å². The summed E-state index contributed by atoms with van der Waals surface area (Å²) in [6.45, 7) is 13.1. The molecule has 3 unspecified atom stereocenters. The zero-order chi connectivity index (χ0) is 12.8. The Hall–Kier alpha value is -0.120. The summed E-state index contributed by atoms with van der Waals surface area (Å²) in [5, 5.41) is 3.43. The molecule has 0 radical (unpaired) electrons. The summed E-state index contributed by atoms with van der Waals surface area (Å²) in [5.41, 5.74) is 0. The number of ether oxygens (including phenoxy) is 1. The van der Waals surface area contributed by atoms with Crippen molar-refractivity contribution in [1.82, 2.24) is 10.2 Å². The van der Waals surface area contributed by atoms with E-state index in [4.69, 9.17) is 4.74 Å². The molecule has 3 heteroatoms. The van der Waals surface area contributed by atoms with Crippen LogP contribution < -0.4 is 5.32 Å². The lowest BCUT2D eigenvalue weighted by Crippen LogP contribution is -2.53. The molecule has 1 saturated heterocycles. The second kappa shape index (κ2) is 7.34. The maximum absolute atomic E-state index is 5.64. The molecule has 1 rings (SSSR count). The van der Waals surface area contributed by atoms with E-state index >= 15 is 0 Å². The van der Waals surface area contributed by atoms with Crippen molar-refractivity contribution in [3.8, 4) is 0 Å². The molecule has 1 fully saturated rings. The van der Waals surface area contributed by atoms with E-state index in [1.165, 1.54) is 19.5 Å². The highest BCUT2D eigenvalue weighted by molar-refractivity contribution is 4.86. The van der Waals surface area contributed by atoms with Gasteiger partial charge in [-0.25, -0.2) is 0 Å². The van der Waals surface area contributed by atoms with Crippen LogP contribution in [0.15, 0.2) is 0 Å². The third kappa shape index (κ3) is 4.23. The number of nitrogens with zero attached hydrogens (tertiary/aromatic N) is 1. The zero-order valence-corrected chi connectivity index (χ0v) is 12.2.